The van der Waals surface area contributed by atoms with E-state index in [1.807, 2.05) is 0 Å². The van der Waals surface area contributed by atoms with Crippen LogP contribution < -0.4 is 25.9 Å². The number of rotatable bonds is 6. The Balaban J connectivity index is 2.33. The fraction of sp³-hybridized carbons (Fsp3) is 0.405. The minimum absolute atomic E-state index is 0.430. The molecule has 1 aliphatic carbocycles. The number of allylic oxidation sites excluding steroid dienone is 4. The van der Waals surface area contributed by atoms with Crippen molar-refractivity contribution in [1.82, 2.24) is 0 Å². The van der Waals surface area contributed by atoms with Crippen molar-refractivity contribution in [3.8, 4) is 0 Å². The van der Waals surface area contributed by atoms with Gasteiger partial charge in [-0.2, -0.15) is 0 Å². The van der Waals surface area contributed by atoms with Crippen molar-refractivity contribution < 1.29 is 0 Å². The predicted octanol–water partition coefficient (Wildman–Crippen LogP) is 7.32. The molecule has 0 saturated heterocycles. The fourth-order valence-electron chi connectivity index (χ4n) is 6.99. The molecule has 3 aromatic carbocycles. The molecule has 1 aliphatic rings. The van der Waals surface area contributed by atoms with Crippen molar-refractivity contribution in [3.05, 3.63) is 98.8 Å². The Morgan fingerprint density at radius 3 is 1.07 bits per heavy atom. The van der Waals surface area contributed by atoms with Crippen LogP contribution >= 0.6 is 0 Å². The highest BCUT2D eigenvalue weighted by atomic mass is 28.3. The number of benzene rings is 3. The van der Waals surface area contributed by atoms with Crippen LogP contribution in [0, 0.1) is 33.6 Å². The first-order chi connectivity index (χ1) is 18.4. The monoisotopic (exact) mass is 580 g/mol. The molecule has 1 atom stereocenters. The maximum Gasteiger partial charge on any atom is 0.176 e. The second-order valence-corrected chi connectivity index (χ2v) is 28.8. The van der Waals surface area contributed by atoms with Crippen LogP contribution in [0.5, 0.6) is 0 Å². The Bertz CT molecular complexity index is 1450. The topological polar surface area (TPSA) is 0 Å². The molecule has 0 aliphatic heterocycles. The van der Waals surface area contributed by atoms with E-state index in [2.05, 4.69) is 149 Å². The molecule has 0 heterocycles. The van der Waals surface area contributed by atoms with Crippen LogP contribution in [0.1, 0.15) is 49.9 Å². The summed E-state index contributed by atoms with van der Waals surface area (Å²) in [5, 5.41) is 9.55. The lowest BCUT2D eigenvalue weighted by atomic mass is 10.1. The van der Waals surface area contributed by atoms with E-state index >= 15 is 0 Å². The lowest BCUT2D eigenvalue weighted by molar-refractivity contribution is 0.851. The number of aryl methyl sites for hydroxylation is 4. The van der Waals surface area contributed by atoms with Gasteiger partial charge in [0, 0.05) is 0 Å². The third-order valence-electron chi connectivity index (χ3n) is 9.45. The average Bonchev–Trinajstić information content (AvgIpc) is 3.01. The molecule has 4 rings (SSSR count). The van der Waals surface area contributed by atoms with Crippen molar-refractivity contribution in [2.45, 2.75) is 94.7 Å². The first kappa shape index (κ1) is 30.7. The lowest BCUT2D eigenvalue weighted by Crippen LogP contribution is -2.71. The maximum absolute atomic E-state index is 2.66. The third kappa shape index (κ3) is 5.37. The van der Waals surface area contributed by atoms with Crippen LogP contribution in [0.4, 0.5) is 0 Å². The van der Waals surface area contributed by atoms with Gasteiger partial charge in [-0.1, -0.05) is 150 Å². The molecule has 3 aromatic rings. The Labute approximate surface area is 248 Å². The molecule has 3 heteroatoms. The first-order valence-electron chi connectivity index (χ1n) is 15.1. The molecule has 0 nitrogen and oxygen atoms in total. The zero-order valence-electron chi connectivity index (χ0n) is 27.8. The van der Waals surface area contributed by atoms with Gasteiger partial charge < -0.3 is 0 Å². The Hall–Kier alpha value is -2.21. The van der Waals surface area contributed by atoms with Crippen molar-refractivity contribution >= 4 is 50.2 Å². The smallest absolute Gasteiger partial charge is 0.0656 e. The van der Waals surface area contributed by atoms with Crippen molar-refractivity contribution in [2.75, 3.05) is 0 Å². The highest BCUT2D eigenvalue weighted by Gasteiger charge is 2.49. The summed E-state index contributed by atoms with van der Waals surface area (Å²) < 4.78 is 0. The molecule has 1 unspecified atom stereocenters. The Kier molecular flexibility index (Phi) is 8.12. The van der Waals surface area contributed by atoms with Crippen LogP contribution in [-0.4, -0.2) is 24.2 Å². The standard InChI is InChI=1S/C37H52Si3/c1-24-15-25(2)19-34(18-24)40(37-30(7)28(5)29(6)31(37)8,35-20-26(3)16-32(22-35)38(9,10)11)36-21-27(4)17-33(23-36)39(12,13)14/h15-23,30H,1-14H3. The molecule has 0 saturated carbocycles. The van der Waals surface area contributed by atoms with Crippen LogP contribution in [0.3, 0.4) is 0 Å². The van der Waals surface area contributed by atoms with E-state index in [0.29, 0.717) is 5.92 Å². The normalized spacial score (nSPS) is 16.8. The molecule has 0 spiro atoms. The van der Waals surface area contributed by atoms with E-state index in [4.69, 9.17) is 0 Å². The molecule has 40 heavy (non-hydrogen) atoms. The van der Waals surface area contributed by atoms with Crippen LogP contribution in [0.25, 0.3) is 0 Å². The molecule has 0 N–H and O–H groups in total. The number of hydrogen-bond acceptors (Lipinski definition) is 0. The highest BCUT2D eigenvalue weighted by Crippen LogP contribution is 2.41. The van der Waals surface area contributed by atoms with Gasteiger partial charge in [0.05, 0.1) is 16.1 Å². The number of hydrogen-bond donors (Lipinski definition) is 0. The van der Waals surface area contributed by atoms with Gasteiger partial charge in [-0.15, -0.1) is 0 Å². The minimum Gasteiger partial charge on any atom is -0.0656 e. The summed E-state index contributed by atoms with van der Waals surface area (Å²) >= 11 is 0. The molecular formula is C37H52Si3. The summed E-state index contributed by atoms with van der Waals surface area (Å²) in [6, 6.07) is 22.9. The minimum atomic E-state index is -2.66. The zero-order valence-corrected chi connectivity index (χ0v) is 30.8. The van der Waals surface area contributed by atoms with Gasteiger partial charge in [0.25, 0.3) is 0 Å². The van der Waals surface area contributed by atoms with Crippen molar-refractivity contribution in [2.24, 2.45) is 5.92 Å². The lowest BCUT2D eigenvalue weighted by Gasteiger charge is -2.40. The van der Waals surface area contributed by atoms with Gasteiger partial charge in [0.2, 0.25) is 0 Å². The quantitative estimate of drug-likeness (QED) is 0.212. The Morgan fingerprint density at radius 2 is 0.750 bits per heavy atom. The van der Waals surface area contributed by atoms with E-state index in [-0.39, 0.29) is 0 Å². The third-order valence-corrected chi connectivity index (χ3v) is 18.6. The summed E-state index contributed by atoms with van der Waals surface area (Å²) in [6.07, 6.45) is 0. The van der Waals surface area contributed by atoms with Crippen molar-refractivity contribution in [3.63, 3.8) is 0 Å². The summed E-state index contributed by atoms with van der Waals surface area (Å²) in [7, 11) is -5.76. The average molecular weight is 581 g/mol. The zero-order chi connectivity index (χ0) is 29.9. The summed E-state index contributed by atoms with van der Waals surface area (Å²) in [5.41, 5.74) is 10.1. The predicted molar refractivity (Wildman–Crippen MR) is 189 cm³/mol. The highest BCUT2D eigenvalue weighted by molar-refractivity contribution is 7.16. The summed E-state index contributed by atoms with van der Waals surface area (Å²) in [5.74, 6) is 0.430. The molecule has 0 bridgehead atoms. The maximum atomic E-state index is 2.66. The SMILES string of the molecule is CC1=C(C)C(C)C([Si](c2cc(C)cc(C)c2)(c2cc(C)cc([Si](C)(C)C)c2)c2cc(C)cc([Si](C)(C)C)c2)=C1C. The van der Waals surface area contributed by atoms with Crippen LogP contribution in [0.15, 0.2) is 76.5 Å². The molecule has 0 fully saturated rings. The second kappa shape index (κ2) is 10.6. The fourth-order valence-corrected chi connectivity index (χ4v) is 15.8. The molecule has 0 radical (unpaired) electrons. The van der Waals surface area contributed by atoms with Gasteiger partial charge in [-0.25, -0.2) is 0 Å². The second-order valence-electron chi connectivity index (χ2n) is 14.9. The largest absolute Gasteiger partial charge is 0.176 e. The molecular weight excluding hydrogens is 529 g/mol. The van der Waals surface area contributed by atoms with E-state index in [1.54, 1.807) is 36.7 Å². The van der Waals surface area contributed by atoms with Gasteiger partial charge in [-0.3, -0.25) is 0 Å². The van der Waals surface area contributed by atoms with E-state index in [9.17, 15) is 0 Å². The molecule has 212 valence electrons. The molecule has 0 amide bonds. The summed E-state index contributed by atoms with van der Waals surface area (Å²) in [6.45, 7) is 33.9. The first-order valence-corrected chi connectivity index (χ1v) is 24.1. The van der Waals surface area contributed by atoms with Gasteiger partial charge in [-0.05, 0) is 75.5 Å². The van der Waals surface area contributed by atoms with Gasteiger partial charge in [0.1, 0.15) is 0 Å². The van der Waals surface area contributed by atoms with E-state index < -0.39 is 24.2 Å². The van der Waals surface area contributed by atoms with Gasteiger partial charge >= 0.3 is 0 Å². The van der Waals surface area contributed by atoms with Crippen molar-refractivity contribution in [1.29, 1.82) is 0 Å². The van der Waals surface area contributed by atoms with Crippen LogP contribution in [-0.2, 0) is 0 Å². The molecule has 0 aromatic heterocycles. The van der Waals surface area contributed by atoms with E-state index in [1.165, 1.54) is 33.4 Å². The van der Waals surface area contributed by atoms with E-state index in [0.717, 1.165) is 0 Å². The Morgan fingerprint density at radius 1 is 0.425 bits per heavy atom. The summed E-state index contributed by atoms with van der Waals surface area (Å²) in [4.78, 5) is 0. The van der Waals surface area contributed by atoms with Gasteiger partial charge in [0.15, 0.2) is 8.07 Å². The van der Waals surface area contributed by atoms with Crippen LogP contribution in [0.2, 0.25) is 39.3 Å².